The monoisotopic (exact) mass is 242 g/mol. The highest BCUT2D eigenvalue weighted by Gasteiger charge is 2.43. The maximum Gasteiger partial charge on any atom is 0.227 e. The third-order valence-electron chi connectivity index (χ3n) is 3.81. The molecule has 4 nitrogen and oxygen atoms in total. The molecule has 1 heterocycles. The van der Waals surface area contributed by atoms with Crippen LogP contribution in [0.4, 0.5) is 0 Å². The Kier molecular flexibility index (Phi) is 5.92. The van der Waals surface area contributed by atoms with Crippen LogP contribution in [-0.4, -0.2) is 39.3 Å². The van der Waals surface area contributed by atoms with Crippen LogP contribution in [0, 0.1) is 11.3 Å². The second-order valence-electron chi connectivity index (χ2n) is 5.19. The van der Waals surface area contributed by atoms with Crippen LogP contribution in [0.5, 0.6) is 0 Å². The van der Waals surface area contributed by atoms with E-state index in [1.54, 1.807) is 7.11 Å². The normalized spacial score (nSPS) is 24.2. The maximum absolute atomic E-state index is 12.3. The van der Waals surface area contributed by atoms with Crippen molar-refractivity contribution in [1.82, 2.24) is 10.6 Å². The minimum atomic E-state index is -0.193. The van der Waals surface area contributed by atoms with Crippen molar-refractivity contribution in [2.75, 3.05) is 33.4 Å². The molecule has 0 aromatic rings. The SMILES string of the molecule is COCCCCNC(=O)C1(C(C)C)CCNC1. The fourth-order valence-electron chi connectivity index (χ4n) is 2.41. The van der Waals surface area contributed by atoms with Crippen LogP contribution in [-0.2, 0) is 9.53 Å². The number of nitrogens with one attached hydrogen (secondary N) is 2. The van der Waals surface area contributed by atoms with E-state index in [1.165, 1.54) is 0 Å². The zero-order chi connectivity index (χ0) is 12.7. The fourth-order valence-corrected chi connectivity index (χ4v) is 2.41. The van der Waals surface area contributed by atoms with Gasteiger partial charge >= 0.3 is 0 Å². The van der Waals surface area contributed by atoms with Crippen LogP contribution in [0.15, 0.2) is 0 Å². The summed E-state index contributed by atoms with van der Waals surface area (Å²) in [5.41, 5.74) is -0.193. The number of methoxy groups -OCH3 is 1. The second kappa shape index (κ2) is 6.97. The Labute approximate surface area is 104 Å². The van der Waals surface area contributed by atoms with Crippen LogP contribution in [0.3, 0.4) is 0 Å². The average molecular weight is 242 g/mol. The molecule has 2 N–H and O–H groups in total. The molecule has 0 spiro atoms. The molecule has 17 heavy (non-hydrogen) atoms. The molecule has 0 radical (unpaired) electrons. The van der Waals surface area contributed by atoms with Gasteiger partial charge in [-0.05, 0) is 31.7 Å². The predicted molar refractivity (Wildman–Crippen MR) is 68.9 cm³/mol. The van der Waals surface area contributed by atoms with Crippen LogP contribution >= 0.6 is 0 Å². The maximum atomic E-state index is 12.3. The molecule has 0 aromatic carbocycles. The number of amides is 1. The summed E-state index contributed by atoms with van der Waals surface area (Å²) in [5.74, 6) is 0.603. The molecule has 1 rings (SSSR count). The summed E-state index contributed by atoms with van der Waals surface area (Å²) in [5, 5.41) is 6.38. The summed E-state index contributed by atoms with van der Waals surface area (Å²) < 4.78 is 4.98. The molecule has 100 valence electrons. The summed E-state index contributed by atoms with van der Waals surface area (Å²) in [6.07, 6.45) is 2.94. The highest BCUT2D eigenvalue weighted by Crippen LogP contribution is 2.34. The van der Waals surface area contributed by atoms with E-state index in [-0.39, 0.29) is 11.3 Å². The molecule has 1 aliphatic rings. The van der Waals surface area contributed by atoms with Crippen molar-refractivity contribution in [3.05, 3.63) is 0 Å². The van der Waals surface area contributed by atoms with E-state index in [9.17, 15) is 4.79 Å². The third kappa shape index (κ3) is 3.68. The average Bonchev–Trinajstić information content (AvgIpc) is 2.79. The van der Waals surface area contributed by atoms with Gasteiger partial charge in [0, 0.05) is 26.8 Å². The molecule has 1 saturated heterocycles. The highest BCUT2D eigenvalue weighted by atomic mass is 16.5. The zero-order valence-corrected chi connectivity index (χ0v) is 11.3. The summed E-state index contributed by atoms with van der Waals surface area (Å²) in [6.45, 7) is 7.57. The quantitative estimate of drug-likeness (QED) is 0.659. The Morgan fingerprint density at radius 2 is 2.24 bits per heavy atom. The van der Waals surface area contributed by atoms with Crippen molar-refractivity contribution < 1.29 is 9.53 Å². The number of ether oxygens (including phenoxy) is 1. The van der Waals surface area contributed by atoms with Gasteiger partial charge in [-0.25, -0.2) is 0 Å². The van der Waals surface area contributed by atoms with Crippen molar-refractivity contribution >= 4 is 5.91 Å². The predicted octanol–water partition coefficient (Wildman–Crippen LogP) is 1.16. The van der Waals surface area contributed by atoms with E-state index < -0.39 is 0 Å². The van der Waals surface area contributed by atoms with Gasteiger partial charge in [0.1, 0.15) is 0 Å². The van der Waals surface area contributed by atoms with Crippen molar-refractivity contribution in [2.45, 2.75) is 33.1 Å². The van der Waals surface area contributed by atoms with Gasteiger partial charge in [-0.15, -0.1) is 0 Å². The molecule has 1 fully saturated rings. The van der Waals surface area contributed by atoms with Crippen LogP contribution in [0.25, 0.3) is 0 Å². The molecular formula is C13H26N2O2. The number of carbonyl (C=O) groups is 1. The van der Waals surface area contributed by atoms with Crippen LogP contribution in [0.2, 0.25) is 0 Å². The highest BCUT2D eigenvalue weighted by molar-refractivity contribution is 5.83. The standard InChI is InChI=1S/C13H26N2O2/c1-11(2)13(6-8-14-10-13)12(16)15-7-4-5-9-17-3/h11,14H,4-10H2,1-3H3,(H,15,16). The molecule has 0 aliphatic carbocycles. The van der Waals surface area contributed by atoms with Gasteiger partial charge < -0.3 is 15.4 Å². The second-order valence-corrected chi connectivity index (χ2v) is 5.19. The van der Waals surface area contributed by atoms with Crippen molar-refractivity contribution in [2.24, 2.45) is 11.3 Å². The van der Waals surface area contributed by atoms with E-state index in [2.05, 4.69) is 24.5 Å². The Balaban J connectivity index is 2.34. The summed E-state index contributed by atoms with van der Waals surface area (Å²) >= 11 is 0. The van der Waals surface area contributed by atoms with Crippen LogP contribution < -0.4 is 10.6 Å². The Bertz CT molecular complexity index is 236. The lowest BCUT2D eigenvalue weighted by Gasteiger charge is -2.31. The van der Waals surface area contributed by atoms with E-state index in [0.717, 1.165) is 45.5 Å². The molecule has 0 aromatic heterocycles. The lowest BCUT2D eigenvalue weighted by Crippen LogP contribution is -2.46. The third-order valence-corrected chi connectivity index (χ3v) is 3.81. The Morgan fingerprint density at radius 1 is 1.47 bits per heavy atom. The lowest BCUT2D eigenvalue weighted by molar-refractivity contribution is -0.132. The molecule has 4 heteroatoms. The number of unbranched alkanes of at least 4 members (excludes halogenated alkanes) is 1. The number of hydrogen-bond donors (Lipinski definition) is 2. The first kappa shape index (κ1) is 14.5. The van der Waals surface area contributed by atoms with Crippen LogP contribution in [0.1, 0.15) is 33.1 Å². The molecular weight excluding hydrogens is 216 g/mol. The van der Waals surface area contributed by atoms with E-state index in [0.29, 0.717) is 5.92 Å². The minimum Gasteiger partial charge on any atom is -0.385 e. The van der Waals surface area contributed by atoms with Gasteiger partial charge in [-0.1, -0.05) is 13.8 Å². The number of carbonyl (C=O) groups excluding carboxylic acids is 1. The zero-order valence-electron chi connectivity index (χ0n) is 11.3. The Morgan fingerprint density at radius 3 is 2.76 bits per heavy atom. The fraction of sp³-hybridized carbons (Fsp3) is 0.923. The summed E-state index contributed by atoms with van der Waals surface area (Å²) in [7, 11) is 1.70. The van der Waals surface area contributed by atoms with Crippen molar-refractivity contribution in [3.8, 4) is 0 Å². The molecule has 0 saturated carbocycles. The molecule has 1 unspecified atom stereocenters. The Hall–Kier alpha value is -0.610. The first-order valence-corrected chi connectivity index (χ1v) is 6.61. The topological polar surface area (TPSA) is 50.4 Å². The van der Waals surface area contributed by atoms with E-state index in [1.807, 2.05) is 0 Å². The van der Waals surface area contributed by atoms with Crippen molar-refractivity contribution in [1.29, 1.82) is 0 Å². The first-order valence-electron chi connectivity index (χ1n) is 6.61. The summed E-state index contributed by atoms with van der Waals surface area (Å²) in [6, 6.07) is 0. The number of hydrogen-bond acceptors (Lipinski definition) is 3. The van der Waals surface area contributed by atoms with Gasteiger partial charge in [0.2, 0.25) is 5.91 Å². The van der Waals surface area contributed by atoms with E-state index in [4.69, 9.17) is 4.74 Å². The smallest absolute Gasteiger partial charge is 0.227 e. The van der Waals surface area contributed by atoms with Gasteiger partial charge in [-0.2, -0.15) is 0 Å². The van der Waals surface area contributed by atoms with Gasteiger partial charge in [-0.3, -0.25) is 4.79 Å². The summed E-state index contributed by atoms with van der Waals surface area (Å²) in [4.78, 5) is 12.3. The van der Waals surface area contributed by atoms with Gasteiger partial charge in [0.15, 0.2) is 0 Å². The lowest BCUT2D eigenvalue weighted by atomic mass is 9.75. The van der Waals surface area contributed by atoms with Gasteiger partial charge in [0.25, 0.3) is 0 Å². The molecule has 1 atom stereocenters. The largest absolute Gasteiger partial charge is 0.385 e. The minimum absolute atomic E-state index is 0.193. The van der Waals surface area contributed by atoms with Gasteiger partial charge in [0.05, 0.1) is 5.41 Å². The van der Waals surface area contributed by atoms with Crippen molar-refractivity contribution in [3.63, 3.8) is 0 Å². The number of rotatable bonds is 7. The molecule has 1 aliphatic heterocycles. The molecule has 0 bridgehead atoms. The van der Waals surface area contributed by atoms with E-state index >= 15 is 0 Å². The first-order chi connectivity index (χ1) is 8.13. The molecule has 1 amide bonds.